The minimum Gasteiger partial charge on any atom is -0.497 e. The number of halogens is 1. The van der Waals surface area contributed by atoms with Crippen molar-refractivity contribution in [2.75, 3.05) is 23.3 Å². The van der Waals surface area contributed by atoms with Crippen LogP contribution in [0.15, 0.2) is 77.7 Å². The van der Waals surface area contributed by atoms with Gasteiger partial charge in [-0.25, -0.2) is 8.42 Å². The Morgan fingerprint density at radius 2 is 1.68 bits per heavy atom. The summed E-state index contributed by atoms with van der Waals surface area (Å²) in [5, 5.41) is 6.10. The van der Waals surface area contributed by atoms with E-state index >= 15 is 0 Å². The maximum absolute atomic E-state index is 13.6. The average molecular weight is 556 g/mol. The molecule has 4 rings (SSSR count). The number of methoxy groups -OCH3 is 1. The molecule has 10 heteroatoms. The van der Waals surface area contributed by atoms with E-state index < -0.39 is 22.5 Å². The summed E-state index contributed by atoms with van der Waals surface area (Å²) in [6.07, 6.45) is 5.18. The van der Waals surface area contributed by atoms with Crippen molar-refractivity contribution in [1.29, 1.82) is 0 Å². The lowest BCUT2D eigenvalue weighted by Crippen LogP contribution is -2.39. The molecule has 2 N–H and O–H groups in total. The molecule has 1 aliphatic rings. The van der Waals surface area contributed by atoms with Gasteiger partial charge in [0.05, 0.1) is 28.9 Å². The molecule has 0 atom stereocenters. The first kappa shape index (κ1) is 27.5. The Kier molecular flexibility index (Phi) is 8.91. The standard InChI is InChI=1S/C28H30ClN3O5S/c1-37-23-14-16-24(17-15-23)38(35,36)32(22-11-7-8-20(29)18-22)19-27(33)31-26-13-6-5-12-25(26)28(34)30-21-9-3-2-4-10-21/h5-8,11-18,21H,2-4,9-10,19H2,1H3,(H,30,34)(H,31,33). The van der Waals surface area contributed by atoms with E-state index in [0.717, 1.165) is 30.0 Å². The molecule has 0 bridgehead atoms. The van der Waals surface area contributed by atoms with Crippen molar-refractivity contribution >= 4 is 44.8 Å². The Morgan fingerprint density at radius 1 is 0.974 bits per heavy atom. The second kappa shape index (κ2) is 12.3. The van der Waals surface area contributed by atoms with E-state index in [4.69, 9.17) is 16.3 Å². The molecular formula is C28H30ClN3O5S. The smallest absolute Gasteiger partial charge is 0.264 e. The van der Waals surface area contributed by atoms with Crippen LogP contribution in [0.5, 0.6) is 5.75 Å². The van der Waals surface area contributed by atoms with Crippen LogP contribution in [0.1, 0.15) is 42.5 Å². The third-order valence-corrected chi connectivity index (χ3v) is 8.44. The van der Waals surface area contributed by atoms with Crippen LogP contribution in [-0.4, -0.2) is 39.9 Å². The Balaban J connectivity index is 1.58. The maximum atomic E-state index is 13.6. The minimum absolute atomic E-state index is 0.0154. The maximum Gasteiger partial charge on any atom is 0.264 e. The van der Waals surface area contributed by atoms with Gasteiger partial charge in [0.25, 0.3) is 15.9 Å². The van der Waals surface area contributed by atoms with Crippen LogP contribution >= 0.6 is 11.6 Å². The fourth-order valence-electron chi connectivity index (χ4n) is 4.44. The van der Waals surface area contributed by atoms with Gasteiger partial charge in [-0.1, -0.05) is 49.1 Å². The number of amides is 2. The van der Waals surface area contributed by atoms with Crippen molar-refractivity contribution in [2.45, 2.75) is 43.0 Å². The molecule has 200 valence electrons. The van der Waals surface area contributed by atoms with E-state index in [9.17, 15) is 18.0 Å². The highest BCUT2D eigenvalue weighted by Gasteiger charge is 2.28. The monoisotopic (exact) mass is 555 g/mol. The fraction of sp³-hybridized carbons (Fsp3) is 0.286. The van der Waals surface area contributed by atoms with Crippen LogP contribution in [-0.2, 0) is 14.8 Å². The highest BCUT2D eigenvalue weighted by Crippen LogP contribution is 2.28. The number of carbonyl (C=O) groups is 2. The molecule has 1 aliphatic carbocycles. The van der Waals surface area contributed by atoms with Crippen molar-refractivity contribution in [3.05, 3.63) is 83.4 Å². The molecule has 3 aromatic carbocycles. The number of anilines is 2. The number of benzene rings is 3. The van der Waals surface area contributed by atoms with Gasteiger partial charge in [0.2, 0.25) is 5.91 Å². The van der Waals surface area contributed by atoms with E-state index in [2.05, 4.69) is 10.6 Å². The van der Waals surface area contributed by atoms with Crippen molar-refractivity contribution in [2.24, 2.45) is 0 Å². The quantitative estimate of drug-likeness (QED) is 0.375. The van der Waals surface area contributed by atoms with Crippen LogP contribution in [0, 0.1) is 0 Å². The Bertz CT molecular complexity index is 1390. The Hall–Kier alpha value is -3.56. The fourth-order valence-corrected chi connectivity index (χ4v) is 6.04. The van der Waals surface area contributed by atoms with Gasteiger partial charge in [-0.2, -0.15) is 0 Å². The molecule has 0 unspecified atom stereocenters. The van der Waals surface area contributed by atoms with E-state index in [-0.39, 0.29) is 22.5 Å². The summed E-state index contributed by atoms with van der Waals surface area (Å²) in [7, 11) is -2.66. The minimum atomic E-state index is -4.15. The zero-order valence-corrected chi connectivity index (χ0v) is 22.6. The largest absolute Gasteiger partial charge is 0.497 e. The van der Waals surface area contributed by atoms with Gasteiger partial charge in [-0.3, -0.25) is 13.9 Å². The zero-order chi connectivity index (χ0) is 27.1. The molecule has 0 aromatic heterocycles. The Labute approximate surface area is 228 Å². The van der Waals surface area contributed by atoms with Gasteiger partial charge >= 0.3 is 0 Å². The molecule has 2 amide bonds. The molecule has 0 aliphatic heterocycles. The number of nitrogens with zero attached hydrogens (tertiary/aromatic N) is 1. The third-order valence-electron chi connectivity index (χ3n) is 6.42. The molecule has 0 radical (unpaired) electrons. The number of ether oxygens (including phenoxy) is 1. The van der Waals surface area contributed by atoms with Gasteiger partial charge in [0.1, 0.15) is 12.3 Å². The summed E-state index contributed by atoms with van der Waals surface area (Å²) >= 11 is 6.14. The number of rotatable bonds is 9. The normalized spacial score (nSPS) is 13.9. The van der Waals surface area contributed by atoms with Crippen LogP contribution in [0.3, 0.4) is 0 Å². The van der Waals surface area contributed by atoms with Crippen molar-refractivity contribution in [1.82, 2.24) is 5.32 Å². The SMILES string of the molecule is COc1ccc(S(=O)(=O)N(CC(=O)Nc2ccccc2C(=O)NC2CCCCC2)c2cccc(Cl)c2)cc1. The van der Waals surface area contributed by atoms with Gasteiger partial charge in [0.15, 0.2) is 0 Å². The summed E-state index contributed by atoms with van der Waals surface area (Å²) in [5.41, 5.74) is 0.851. The van der Waals surface area contributed by atoms with Crippen LogP contribution in [0.25, 0.3) is 0 Å². The molecule has 0 heterocycles. The second-order valence-corrected chi connectivity index (χ2v) is 11.4. The second-order valence-electron chi connectivity index (χ2n) is 9.07. The van der Waals surface area contributed by atoms with Crippen molar-refractivity contribution < 1.29 is 22.7 Å². The number of hydrogen-bond donors (Lipinski definition) is 2. The molecule has 1 saturated carbocycles. The molecule has 0 spiro atoms. The first-order valence-electron chi connectivity index (χ1n) is 12.4. The summed E-state index contributed by atoms with van der Waals surface area (Å²) in [6.45, 7) is -0.534. The van der Waals surface area contributed by atoms with Crippen molar-refractivity contribution in [3.63, 3.8) is 0 Å². The number of hydrogen-bond acceptors (Lipinski definition) is 5. The lowest BCUT2D eigenvalue weighted by molar-refractivity contribution is -0.114. The average Bonchev–Trinajstić information content (AvgIpc) is 2.92. The molecular weight excluding hydrogens is 526 g/mol. The van der Waals surface area contributed by atoms with Crippen LogP contribution in [0.4, 0.5) is 11.4 Å². The predicted octanol–water partition coefficient (Wildman–Crippen LogP) is 5.25. The van der Waals surface area contributed by atoms with Crippen LogP contribution in [0.2, 0.25) is 5.02 Å². The van der Waals surface area contributed by atoms with Crippen molar-refractivity contribution in [3.8, 4) is 5.75 Å². The van der Waals surface area contributed by atoms with Gasteiger partial charge < -0.3 is 15.4 Å². The van der Waals surface area contributed by atoms with Crippen LogP contribution < -0.4 is 19.7 Å². The molecule has 8 nitrogen and oxygen atoms in total. The molecule has 0 saturated heterocycles. The number of para-hydroxylation sites is 1. The number of carbonyl (C=O) groups excluding carboxylic acids is 2. The van der Waals surface area contributed by atoms with Gasteiger partial charge in [-0.05, 0) is 67.4 Å². The highest BCUT2D eigenvalue weighted by atomic mass is 35.5. The Morgan fingerprint density at radius 3 is 2.37 bits per heavy atom. The molecule has 3 aromatic rings. The number of nitrogens with one attached hydrogen (secondary N) is 2. The molecule has 38 heavy (non-hydrogen) atoms. The topological polar surface area (TPSA) is 105 Å². The van der Waals surface area contributed by atoms with E-state index in [1.54, 1.807) is 42.5 Å². The third kappa shape index (κ3) is 6.65. The van der Waals surface area contributed by atoms with E-state index in [1.807, 2.05) is 0 Å². The molecule has 1 fully saturated rings. The van der Waals surface area contributed by atoms with E-state index in [1.165, 1.54) is 43.9 Å². The lowest BCUT2D eigenvalue weighted by atomic mass is 9.95. The summed E-state index contributed by atoms with van der Waals surface area (Å²) in [4.78, 5) is 26.2. The van der Waals surface area contributed by atoms with Gasteiger partial charge in [-0.15, -0.1) is 0 Å². The first-order chi connectivity index (χ1) is 18.3. The van der Waals surface area contributed by atoms with Gasteiger partial charge in [0, 0.05) is 11.1 Å². The predicted molar refractivity (Wildman–Crippen MR) is 148 cm³/mol. The lowest BCUT2D eigenvalue weighted by Gasteiger charge is -2.25. The summed E-state index contributed by atoms with van der Waals surface area (Å²) < 4.78 is 33.4. The summed E-state index contributed by atoms with van der Waals surface area (Å²) in [6, 6.07) is 18.9. The highest BCUT2D eigenvalue weighted by molar-refractivity contribution is 7.92. The summed E-state index contributed by atoms with van der Waals surface area (Å²) in [5.74, 6) is -0.385. The van der Waals surface area contributed by atoms with E-state index in [0.29, 0.717) is 22.0 Å². The first-order valence-corrected chi connectivity index (χ1v) is 14.2. The number of sulfonamides is 1. The zero-order valence-electron chi connectivity index (χ0n) is 21.0.